The van der Waals surface area contributed by atoms with Crippen molar-refractivity contribution >= 4 is 34.4 Å². The number of hydrogen-bond acceptors (Lipinski definition) is 6. The predicted octanol–water partition coefficient (Wildman–Crippen LogP) is 4.53. The van der Waals surface area contributed by atoms with Gasteiger partial charge in [-0.15, -0.1) is 22.7 Å². The first-order valence-electron chi connectivity index (χ1n) is 7.92. The van der Waals surface area contributed by atoms with Gasteiger partial charge in [0.25, 0.3) is 5.91 Å². The molecule has 26 heavy (non-hydrogen) atoms. The van der Waals surface area contributed by atoms with Gasteiger partial charge in [0.05, 0.1) is 22.0 Å². The number of carbonyl (C=O) groups excluding carboxylic acids is 1. The molecule has 8 heteroatoms. The van der Waals surface area contributed by atoms with Crippen molar-refractivity contribution in [2.75, 3.05) is 5.32 Å². The minimum absolute atomic E-state index is 0.220. The van der Waals surface area contributed by atoms with Gasteiger partial charge in [0.15, 0.2) is 5.82 Å². The van der Waals surface area contributed by atoms with Gasteiger partial charge in [0.1, 0.15) is 9.88 Å². The number of aromatic nitrogens is 4. The number of aryl methyl sites for hydroxylation is 2. The summed E-state index contributed by atoms with van der Waals surface area (Å²) in [6.45, 7) is 3.88. The van der Waals surface area contributed by atoms with Crippen LogP contribution in [0.5, 0.6) is 0 Å². The third-order valence-corrected chi connectivity index (χ3v) is 5.92. The number of hydrogen-bond donors (Lipinski definition) is 2. The van der Waals surface area contributed by atoms with Crippen LogP contribution >= 0.6 is 22.7 Å². The maximum Gasteiger partial charge on any atom is 0.268 e. The van der Waals surface area contributed by atoms with Crippen molar-refractivity contribution in [2.45, 2.75) is 13.8 Å². The Morgan fingerprint density at radius 3 is 2.77 bits per heavy atom. The van der Waals surface area contributed by atoms with Crippen LogP contribution in [0.25, 0.3) is 21.3 Å². The van der Waals surface area contributed by atoms with E-state index in [1.807, 2.05) is 37.3 Å². The van der Waals surface area contributed by atoms with E-state index in [4.69, 9.17) is 0 Å². The van der Waals surface area contributed by atoms with E-state index in [1.54, 1.807) is 17.5 Å². The molecule has 130 valence electrons. The summed E-state index contributed by atoms with van der Waals surface area (Å²) in [6, 6.07) is 11.5. The Hall–Kier alpha value is -2.84. The lowest BCUT2D eigenvalue weighted by atomic mass is 10.3. The number of thiophene rings is 1. The number of carbonyl (C=O) groups is 1. The van der Waals surface area contributed by atoms with Crippen molar-refractivity contribution in [3.8, 4) is 21.3 Å². The van der Waals surface area contributed by atoms with Crippen LogP contribution in [0, 0.1) is 13.8 Å². The summed E-state index contributed by atoms with van der Waals surface area (Å²) >= 11 is 3.00. The van der Waals surface area contributed by atoms with Crippen molar-refractivity contribution in [3.63, 3.8) is 0 Å². The van der Waals surface area contributed by atoms with Crippen LogP contribution in [0.4, 0.5) is 5.82 Å². The highest BCUT2D eigenvalue weighted by Gasteiger charge is 2.18. The summed E-state index contributed by atoms with van der Waals surface area (Å²) in [5, 5.41) is 10.7. The number of H-pyrrole nitrogens is 1. The van der Waals surface area contributed by atoms with Crippen molar-refractivity contribution in [1.82, 2.24) is 20.2 Å². The van der Waals surface area contributed by atoms with Crippen LogP contribution < -0.4 is 5.32 Å². The van der Waals surface area contributed by atoms with E-state index in [0.29, 0.717) is 16.4 Å². The fourth-order valence-corrected chi connectivity index (χ4v) is 4.24. The van der Waals surface area contributed by atoms with Gasteiger partial charge in [-0.25, -0.2) is 4.98 Å². The predicted molar refractivity (Wildman–Crippen MR) is 105 cm³/mol. The molecular formula is C18H15N5OS2. The first kappa shape index (κ1) is 16.6. The van der Waals surface area contributed by atoms with Crippen molar-refractivity contribution in [1.29, 1.82) is 0 Å². The fraction of sp³-hybridized carbons (Fsp3) is 0.111. The Morgan fingerprint density at radius 2 is 2.04 bits per heavy atom. The molecule has 0 atom stereocenters. The standard InChI is InChI=1S/C18H15N5OS2/c1-10-6-7-14(25-10)13-9-15(23-22-13)21-17(24)16-11(2)20-18(26-16)12-5-3-4-8-19-12/h3-9H,1-2H3,(H2,21,22,23,24). The van der Waals surface area contributed by atoms with Gasteiger partial charge in [0, 0.05) is 17.1 Å². The monoisotopic (exact) mass is 381 g/mol. The van der Waals surface area contributed by atoms with E-state index in [2.05, 4.69) is 38.5 Å². The number of nitrogens with zero attached hydrogens (tertiary/aromatic N) is 3. The molecule has 0 aliphatic rings. The van der Waals surface area contributed by atoms with Crippen LogP contribution in [0.1, 0.15) is 20.2 Å². The zero-order valence-corrected chi connectivity index (χ0v) is 15.7. The van der Waals surface area contributed by atoms with Crippen LogP contribution in [-0.4, -0.2) is 26.1 Å². The molecule has 0 unspecified atom stereocenters. The molecule has 0 aromatic carbocycles. The molecule has 1 amide bonds. The number of aromatic amines is 1. The Kier molecular flexibility index (Phi) is 4.36. The SMILES string of the molecule is Cc1ccc(-c2cc(NC(=O)c3sc(-c4ccccn4)nc3C)n[nH]2)s1. The van der Waals surface area contributed by atoms with E-state index >= 15 is 0 Å². The molecule has 4 rings (SSSR count). The first-order valence-corrected chi connectivity index (χ1v) is 9.56. The maximum absolute atomic E-state index is 12.6. The van der Waals surface area contributed by atoms with Crippen LogP contribution in [-0.2, 0) is 0 Å². The topological polar surface area (TPSA) is 83.6 Å². The molecule has 4 aromatic rings. The smallest absolute Gasteiger partial charge is 0.268 e. The quantitative estimate of drug-likeness (QED) is 0.544. The number of thiazole rings is 1. The van der Waals surface area contributed by atoms with E-state index in [1.165, 1.54) is 16.2 Å². The third-order valence-electron chi connectivity index (χ3n) is 3.71. The van der Waals surface area contributed by atoms with Gasteiger partial charge >= 0.3 is 0 Å². The molecule has 6 nitrogen and oxygen atoms in total. The maximum atomic E-state index is 12.6. The largest absolute Gasteiger partial charge is 0.304 e. The van der Waals surface area contributed by atoms with Gasteiger partial charge in [-0.3, -0.25) is 14.9 Å². The van der Waals surface area contributed by atoms with E-state index in [0.717, 1.165) is 21.3 Å². The summed E-state index contributed by atoms with van der Waals surface area (Å²) in [4.78, 5) is 24.2. The van der Waals surface area contributed by atoms with E-state index in [-0.39, 0.29) is 5.91 Å². The van der Waals surface area contributed by atoms with Crippen LogP contribution in [0.3, 0.4) is 0 Å². The molecule has 4 aromatic heterocycles. The molecule has 0 aliphatic heterocycles. The highest BCUT2D eigenvalue weighted by Crippen LogP contribution is 2.29. The second-order valence-electron chi connectivity index (χ2n) is 5.68. The molecule has 0 fully saturated rings. The van der Waals surface area contributed by atoms with Crippen LogP contribution in [0.2, 0.25) is 0 Å². The third kappa shape index (κ3) is 3.29. The molecular weight excluding hydrogens is 366 g/mol. The summed E-state index contributed by atoms with van der Waals surface area (Å²) < 4.78 is 0. The summed E-state index contributed by atoms with van der Waals surface area (Å²) in [6.07, 6.45) is 1.71. The van der Waals surface area contributed by atoms with Gasteiger partial charge in [-0.2, -0.15) is 5.10 Å². The molecule has 2 N–H and O–H groups in total. The molecule has 0 saturated carbocycles. The minimum atomic E-state index is -0.220. The molecule has 0 spiro atoms. The normalized spacial score (nSPS) is 10.8. The Bertz CT molecular complexity index is 1060. The summed E-state index contributed by atoms with van der Waals surface area (Å²) in [5.74, 6) is 0.269. The number of nitrogens with one attached hydrogen (secondary N) is 2. The average Bonchev–Trinajstić information content (AvgIpc) is 3.35. The first-order chi connectivity index (χ1) is 12.6. The number of amides is 1. The van der Waals surface area contributed by atoms with Gasteiger partial charge in [-0.05, 0) is 38.1 Å². The van der Waals surface area contributed by atoms with Crippen molar-refractivity contribution in [2.24, 2.45) is 0 Å². The molecule has 4 heterocycles. The zero-order chi connectivity index (χ0) is 18.1. The van der Waals surface area contributed by atoms with E-state index in [9.17, 15) is 4.79 Å². The van der Waals surface area contributed by atoms with E-state index < -0.39 is 0 Å². The Balaban J connectivity index is 1.54. The lowest BCUT2D eigenvalue weighted by molar-refractivity contribution is 0.102. The van der Waals surface area contributed by atoms with Gasteiger partial charge < -0.3 is 5.32 Å². The lowest BCUT2D eigenvalue weighted by Crippen LogP contribution is -2.11. The molecule has 0 saturated heterocycles. The van der Waals surface area contributed by atoms with Crippen LogP contribution in [0.15, 0.2) is 42.6 Å². The number of rotatable bonds is 4. The highest BCUT2D eigenvalue weighted by atomic mass is 32.1. The molecule has 0 radical (unpaired) electrons. The second kappa shape index (κ2) is 6.81. The van der Waals surface area contributed by atoms with Gasteiger partial charge in [0.2, 0.25) is 0 Å². The minimum Gasteiger partial charge on any atom is -0.304 e. The lowest BCUT2D eigenvalue weighted by Gasteiger charge is -1.98. The second-order valence-corrected chi connectivity index (χ2v) is 7.97. The summed E-state index contributed by atoms with van der Waals surface area (Å²) in [7, 11) is 0. The average molecular weight is 381 g/mol. The number of pyridine rings is 1. The Labute approximate surface area is 158 Å². The summed E-state index contributed by atoms with van der Waals surface area (Å²) in [5.41, 5.74) is 2.32. The van der Waals surface area contributed by atoms with Crippen molar-refractivity contribution in [3.05, 3.63) is 58.0 Å². The highest BCUT2D eigenvalue weighted by molar-refractivity contribution is 7.17. The molecule has 0 aliphatic carbocycles. The number of anilines is 1. The van der Waals surface area contributed by atoms with Gasteiger partial charge in [-0.1, -0.05) is 6.07 Å². The zero-order valence-electron chi connectivity index (χ0n) is 14.1. The van der Waals surface area contributed by atoms with Crippen molar-refractivity contribution < 1.29 is 4.79 Å². The molecule has 0 bridgehead atoms. The Morgan fingerprint density at radius 1 is 1.15 bits per heavy atom. The fourth-order valence-electron chi connectivity index (χ4n) is 2.47.